The molecule has 2 amide bonds. The maximum atomic E-state index is 12.4. The molecule has 0 bridgehead atoms. The van der Waals surface area contributed by atoms with Crippen LogP contribution in [-0.4, -0.2) is 63.2 Å². The second kappa shape index (κ2) is 12.6. The van der Waals surface area contributed by atoms with Crippen LogP contribution in [0.5, 0.6) is 5.75 Å². The van der Waals surface area contributed by atoms with Crippen LogP contribution in [0.15, 0.2) is 48.5 Å². The van der Waals surface area contributed by atoms with E-state index in [2.05, 4.69) is 29.4 Å². The Morgan fingerprint density at radius 3 is 2.07 bits per heavy atom. The van der Waals surface area contributed by atoms with Crippen molar-refractivity contribution in [3.05, 3.63) is 59.7 Å². The number of nitrogens with zero attached hydrogens (tertiary/aromatic N) is 1. The van der Waals surface area contributed by atoms with Crippen LogP contribution in [0.4, 0.5) is 5.69 Å². The number of carbonyl (C=O) groups is 2. The summed E-state index contributed by atoms with van der Waals surface area (Å²) in [6, 6.07) is 13.7. The van der Waals surface area contributed by atoms with Crippen molar-refractivity contribution in [1.82, 2.24) is 10.2 Å². The van der Waals surface area contributed by atoms with Crippen LogP contribution in [-0.2, 0) is 4.74 Å². The first-order chi connectivity index (χ1) is 14.6. The summed E-state index contributed by atoms with van der Waals surface area (Å²) in [4.78, 5) is 26.9. The van der Waals surface area contributed by atoms with Crippen molar-refractivity contribution < 1.29 is 19.1 Å². The maximum absolute atomic E-state index is 12.4. The topological polar surface area (TPSA) is 79.9 Å². The first-order valence-corrected chi connectivity index (χ1v) is 10.2. The molecule has 2 aromatic carbocycles. The molecule has 0 aromatic heterocycles. The van der Waals surface area contributed by atoms with Gasteiger partial charge >= 0.3 is 0 Å². The van der Waals surface area contributed by atoms with Crippen molar-refractivity contribution in [2.45, 2.75) is 13.8 Å². The lowest BCUT2D eigenvalue weighted by atomic mass is 10.1. The van der Waals surface area contributed by atoms with E-state index in [1.54, 1.807) is 55.6 Å². The average molecular weight is 414 g/mol. The molecular weight excluding hydrogens is 382 g/mol. The Balaban J connectivity index is 1.84. The minimum atomic E-state index is -0.227. The Labute approximate surface area is 178 Å². The van der Waals surface area contributed by atoms with Gasteiger partial charge in [0.1, 0.15) is 12.4 Å². The summed E-state index contributed by atoms with van der Waals surface area (Å²) in [6.07, 6.45) is 0. The Bertz CT molecular complexity index is 787. The highest BCUT2D eigenvalue weighted by Crippen LogP contribution is 2.15. The number of anilines is 1. The van der Waals surface area contributed by atoms with Gasteiger partial charge in [0.15, 0.2) is 0 Å². The van der Waals surface area contributed by atoms with Crippen molar-refractivity contribution in [3.8, 4) is 5.75 Å². The third kappa shape index (κ3) is 7.50. The number of benzene rings is 2. The smallest absolute Gasteiger partial charge is 0.255 e. The lowest BCUT2D eigenvalue weighted by molar-refractivity contribution is 0.0948. The van der Waals surface area contributed by atoms with E-state index in [0.29, 0.717) is 42.3 Å². The van der Waals surface area contributed by atoms with Gasteiger partial charge in [0.05, 0.1) is 6.61 Å². The van der Waals surface area contributed by atoms with Gasteiger partial charge in [0, 0.05) is 37.0 Å². The normalized spacial score (nSPS) is 10.7. The molecule has 0 radical (unpaired) electrons. The molecule has 0 aliphatic rings. The maximum Gasteiger partial charge on any atom is 0.255 e. The average Bonchev–Trinajstić information content (AvgIpc) is 2.77. The van der Waals surface area contributed by atoms with E-state index >= 15 is 0 Å². The first kappa shape index (κ1) is 23.4. The molecule has 0 atom stereocenters. The Hall–Kier alpha value is -2.90. The molecule has 2 rings (SSSR count). The molecule has 7 nitrogen and oxygen atoms in total. The number of likely N-dealkylation sites (N-methyl/N-ethyl adjacent to an activating group) is 1. The number of amides is 2. The van der Waals surface area contributed by atoms with Gasteiger partial charge in [0.25, 0.3) is 11.8 Å². The Morgan fingerprint density at radius 1 is 0.867 bits per heavy atom. The van der Waals surface area contributed by atoms with Gasteiger partial charge in [-0.15, -0.1) is 0 Å². The highest BCUT2D eigenvalue weighted by atomic mass is 16.5. The minimum Gasteiger partial charge on any atom is -0.491 e. The fraction of sp³-hybridized carbons (Fsp3) is 0.391. The SMILES string of the molecule is CCN(CC)CCNC(=O)c1ccc(NC(=O)c2ccc(OCCOC)cc2)cc1. The zero-order valence-corrected chi connectivity index (χ0v) is 17.9. The van der Waals surface area contributed by atoms with E-state index in [1.807, 2.05) is 0 Å². The van der Waals surface area contributed by atoms with Crippen molar-refractivity contribution in [3.63, 3.8) is 0 Å². The number of nitrogens with one attached hydrogen (secondary N) is 2. The highest BCUT2D eigenvalue weighted by molar-refractivity contribution is 6.04. The van der Waals surface area contributed by atoms with E-state index < -0.39 is 0 Å². The third-order valence-corrected chi connectivity index (χ3v) is 4.69. The summed E-state index contributed by atoms with van der Waals surface area (Å²) >= 11 is 0. The van der Waals surface area contributed by atoms with E-state index in [-0.39, 0.29) is 11.8 Å². The monoisotopic (exact) mass is 413 g/mol. The molecule has 0 saturated heterocycles. The molecule has 2 aromatic rings. The minimum absolute atomic E-state index is 0.121. The number of hydrogen-bond acceptors (Lipinski definition) is 5. The lowest BCUT2D eigenvalue weighted by Gasteiger charge is -2.18. The zero-order valence-electron chi connectivity index (χ0n) is 17.9. The van der Waals surface area contributed by atoms with Crippen molar-refractivity contribution >= 4 is 17.5 Å². The van der Waals surface area contributed by atoms with Gasteiger partial charge in [-0.25, -0.2) is 0 Å². The van der Waals surface area contributed by atoms with E-state index in [4.69, 9.17) is 9.47 Å². The molecule has 162 valence electrons. The molecule has 0 aliphatic carbocycles. The largest absolute Gasteiger partial charge is 0.491 e. The second-order valence-electron chi connectivity index (χ2n) is 6.68. The van der Waals surface area contributed by atoms with E-state index in [0.717, 1.165) is 19.6 Å². The van der Waals surface area contributed by atoms with Crippen LogP contribution in [0, 0.1) is 0 Å². The molecular formula is C23H31N3O4. The number of rotatable bonds is 12. The summed E-state index contributed by atoms with van der Waals surface area (Å²) in [7, 11) is 1.61. The Morgan fingerprint density at radius 2 is 1.47 bits per heavy atom. The summed E-state index contributed by atoms with van der Waals surface area (Å²) in [5, 5.41) is 5.75. The van der Waals surface area contributed by atoms with Crippen LogP contribution < -0.4 is 15.4 Å². The molecule has 2 N–H and O–H groups in total. The number of ether oxygens (including phenoxy) is 2. The molecule has 0 unspecified atom stereocenters. The number of carbonyl (C=O) groups excluding carboxylic acids is 2. The molecule has 7 heteroatoms. The van der Waals surface area contributed by atoms with Crippen molar-refractivity contribution in [2.75, 3.05) is 51.8 Å². The fourth-order valence-corrected chi connectivity index (χ4v) is 2.82. The van der Waals surface area contributed by atoms with Gasteiger partial charge in [0.2, 0.25) is 0 Å². The number of methoxy groups -OCH3 is 1. The predicted octanol–water partition coefficient (Wildman–Crippen LogP) is 3.04. The third-order valence-electron chi connectivity index (χ3n) is 4.69. The quantitative estimate of drug-likeness (QED) is 0.523. The Kier molecular flexibility index (Phi) is 9.83. The molecule has 0 aliphatic heterocycles. The molecule has 0 saturated carbocycles. The summed E-state index contributed by atoms with van der Waals surface area (Å²) in [5.41, 5.74) is 1.71. The van der Waals surface area contributed by atoms with E-state index in [1.165, 1.54) is 0 Å². The fourth-order valence-electron chi connectivity index (χ4n) is 2.82. The lowest BCUT2D eigenvalue weighted by Crippen LogP contribution is -2.34. The van der Waals surface area contributed by atoms with Crippen molar-refractivity contribution in [1.29, 1.82) is 0 Å². The van der Waals surface area contributed by atoms with E-state index in [9.17, 15) is 9.59 Å². The van der Waals surface area contributed by atoms with Gasteiger partial charge in [-0.1, -0.05) is 13.8 Å². The molecule has 0 heterocycles. The zero-order chi connectivity index (χ0) is 21.8. The number of hydrogen-bond donors (Lipinski definition) is 2. The van der Waals surface area contributed by atoms with Crippen LogP contribution >= 0.6 is 0 Å². The van der Waals surface area contributed by atoms with Crippen LogP contribution in [0.3, 0.4) is 0 Å². The predicted molar refractivity (Wildman–Crippen MR) is 118 cm³/mol. The van der Waals surface area contributed by atoms with Gasteiger partial charge in [-0.3, -0.25) is 9.59 Å². The molecule has 0 spiro atoms. The van der Waals surface area contributed by atoms with Gasteiger partial charge < -0.3 is 25.0 Å². The first-order valence-electron chi connectivity index (χ1n) is 10.2. The van der Waals surface area contributed by atoms with Crippen molar-refractivity contribution in [2.24, 2.45) is 0 Å². The molecule has 30 heavy (non-hydrogen) atoms. The summed E-state index contributed by atoms with van der Waals surface area (Å²) < 4.78 is 10.4. The van der Waals surface area contributed by atoms with Crippen LogP contribution in [0.25, 0.3) is 0 Å². The summed E-state index contributed by atoms with van der Waals surface area (Å²) in [5.74, 6) is 0.332. The summed E-state index contributed by atoms with van der Waals surface area (Å²) in [6.45, 7) is 8.51. The van der Waals surface area contributed by atoms with Crippen LogP contribution in [0.2, 0.25) is 0 Å². The molecule has 0 fully saturated rings. The van der Waals surface area contributed by atoms with Crippen LogP contribution in [0.1, 0.15) is 34.6 Å². The van der Waals surface area contributed by atoms with Gasteiger partial charge in [-0.05, 0) is 61.6 Å². The second-order valence-corrected chi connectivity index (χ2v) is 6.68. The van der Waals surface area contributed by atoms with Gasteiger partial charge in [-0.2, -0.15) is 0 Å². The standard InChI is InChI=1S/C23H31N3O4/c1-4-26(5-2)15-14-24-22(27)18-6-10-20(11-7-18)25-23(28)19-8-12-21(13-9-19)30-17-16-29-3/h6-13H,4-5,14-17H2,1-3H3,(H,24,27)(H,25,28). The highest BCUT2D eigenvalue weighted by Gasteiger charge is 2.09.